The molecule has 2 rings (SSSR count). The van der Waals surface area contributed by atoms with Gasteiger partial charge in [0.05, 0.1) is 6.04 Å². The van der Waals surface area contributed by atoms with Gasteiger partial charge in [-0.25, -0.2) is 0 Å². The first-order chi connectivity index (χ1) is 9.24. The molecule has 0 aromatic heterocycles. The lowest BCUT2D eigenvalue weighted by atomic mass is 10.00. The molecular formula is C15H23N3O. The second-order valence-corrected chi connectivity index (χ2v) is 5.12. The molecule has 3 N–H and O–H groups in total. The van der Waals surface area contributed by atoms with Crippen LogP contribution in [-0.2, 0) is 17.9 Å². The van der Waals surface area contributed by atoms with Gasteiger partial charge in [-0.15, -0.1) is 0 Å². The highest BCUT2D eigenvalue weighted by Gasteiger charge is 2.27. The molecule has 19 heavy (non-hydrogen) atoms. The lowest BCUT2D eigenvalue weighted by Gasteiger charge is -2.34. The van der Waals surface area contributed by atoms with Crippen LogP contribution in [0.1, 0.15) is 30.4 Å². The minimum absolute atomic E-state index is 0.0142. The third-order valence-electron chi connectivity index (χ3n) is 3.78. The minimum Gasteiger partial charge on any atom is -0.358 e. The van der Waals surface area contributed by atoms with E-state index in [-0.39, 0.29) is 11.9 Å². The van der Waals surface area contributed by atoms with E-state index < -0.39 is 0 Å². The van der Waals surface area contributed by atoms with Crippen molar-refractivity contribution in [3.8, 4) is 0 Å². The fourth-order valence-electron chi connectivity index (χ4n) is 2.73. The number of hydrogen-bond acceptors (Lipinski definition) is 3. The number of nitrogens with zero attached hydrogens (tertiary/aromatic N) is 1. The van der Waals surface area contributed by atoms with Crippen molar-refractivity contribution in [3.63, 3.8) is 0 Å². The first kappa shape index (κ1) is 14.0. The standard InChI is InChI=1S/C15H23N3O/c1-17-15(19)14-7-2-3-8-18(14)11-13-6-4-5-12(9-13)10-16/h4-6,9,14H,2-3,7-8,10-11,16H2,1H3,(H,17,19). The SMILES string of the molecule is CNC(=O)C1CCCCN1Cc1cccc(CN)c1. The van der Waals surface area contributed by atoms with Crippen molar-refractivity contribution in [3.05, 3.63) is 35.4 Å². The zero-order valence-electron chi connectivity index (χ0n) is 11.6. The van der Waals surface area contributed by atoms with Gasteiger partial charge in [0.2, 0.25) is 5.91 Å². The molecular weight excluding hydrogens is 238 g/mol. The summed E-state index contributed by atoms with van der Waals surface area (Å²) in [6.07, 6.45) is 3.26. The van der Waals surface area contributed by atoms with Crippen LogP contribution in [0.5, 0.6) is 0 Å². The lowest BCUT2D eigenvalue weighted by molar-refractivity contribution is -0.127. The Morgan fingerprint density at radius 2 is 2.21 bits per heavy atom. The predicted molar refractivity (Wildman–Crippen MR) is 76.4 cm³/mol. The van der Waals surface area contributed by atoms with E-state index in [0.717, 1.165) is 31.5 Å². The maximum absolute atomic E-state index is 11.9. The summed E-state index contributed by atoms with van der Waals surface area (Å²) in [5, 5.41) is 2.77. The van der Waals surface area contributed by atoms with Crippen LogP contribution >= 0.6 is 0 Å². The Morgan fingerprint density at radius 3 is 2.95 bits per heavy atom. The highest BCUT2D eigenvalue weighted by molar-refractivity contribution is 5.81. The summed E-state index contributed by atoms with van der Waals surface area (Å²) >= 11 is 0. The number of nitrogens with two attached hydrogens (primary N) is 1. The van der Waals surface area contributed by atoms with Crippen molar-refractivity contribution in [2.45, 2.75) is 38.4 Å². The Bertz CT molecular complexity index is 433. The number of rotatable bonds is 4. The van der Waals surface area contributed by atoms with E-state index in [1.165, 1.54) is 12.0 Å². The normalized spacial score (nSPS) is 20.2. The number of nitrogens with one attached hydrogen (secondary N) is 1. The first-order valence-electron chi connectivity index (χ1n) is 6.98. The highest BCUT2D eigenvalue weighted by Crippen LogP contribution is 2.20. The quantitative estimate of drug-likeness (QED) is 0.857. The molecule has 1 aliphatic rings. The number of piperidine rings is 1. The third kappa shape index (κ3) is 3.55. The minimum atomic E-state index is 0.0142. The number of likely N-dealkylation sites (N-methyl/N-ethyl adjacent to an activating group) is 1. The van der Waals surface area contributed by atoms with Gasteiger partial charge in [0, 0.05) is 20.1 Å². The Morgan fingerprint density at radius 1 is 1.42 bits per heavy atom. The predicted octanol–water partition coefficient (Wildman–Crippen LogP) is 1.25. The van der Waals surface area contributed by atoms with Crippen LogP contribution in [0.2, 0.25) is 0 Å². The summed E-state index contributed by atoms with van der Waals surface area (Å²) in [5.41, 5.74) is 8.05. The Kier molecular flexibility index (Phi) is 4.93. The third-order valence-corrected chi connectivity index (χ3v) is 3.78. The van der Waals surface area contributed by atoms with Crippen molar-refractivity contribution in [1.82, 2.24) is 10.2 Å². The molecule has 0 radical (unpaired) electrons. The number of hydrogen-bond donors (Lipinski definition) is 2. The molecule has 1 atom stereocenters. The molecule has 4 nitrogen and oxygen atoms in total. The molecule has 0 spiro atoms. The van der Waals surface area contributed by atoms with E-state index in [2.05, 4.69) is 22.3 Å². The highest BCUT2D eigenvalue weighted by atomic mass is 16.2. The van der Waals surface area contributed by atoms with Crippen molar-refractivity contribution in [2.24, 2.45) is 5.73 Å². The molecule has 1 heterocycles. The topological polar surface area (TPSA) is 58.4 Å². The monoisotopic (exact) mass is 261 g/mol. The van der Waals surface area contributed by atoms with Crippen LogP contribution in [-0.4, -0.2) is 30.4 Å². The zero-order valence-corrected chi connectivity index (χ0v) is 11.6. The van der Waals surface area contributed by atoms with Gasteiger partial charge in [-0.3, -0.25) is 9.69 Å². The second kappa shape index (κ2) is 6.68. The molecule has 1 amide bonds. The molecule has 1 unspecified atom stereocenters. The van der Waals surface area contributed by atoms with Gasteiger partial charge in [0.1, 0.15) is 0 Å². The van der Waals surface area contributed by atoms with Gasteiger partial charge in [-0.1, -0.05) is 30.7 Å². The van der Waals surface area contributed by atoms with Gasteiger partial charge in [-0.2, -0.15) is 0 Å². The fraction of sp³-hybridized carbons (Fsp3) is 0.533. The summed E-state index contributed by atoms with van der Waals surface area (Å²) in [4.78, 5) is 14.2. The van der Waals surface area contributed by atoms with Crippen LogP contribution in [0.4, 0.5) is 0 Å². The van der Waals surface area contributed by atoms with Gasteiger partial charge in [0.25, 0.3) is 0 Å². The van der Waals surface area contributed by atoms with Crippen molar-refractivity contribution >= 4 is 5.91 Å². The molecule has 1 aromatic rings. The van der Waals surface area contributed by atoms with Crippen LogP contribution in [0.3, 0.4) is 0 Å². The van der Waals surface area contributed by atoms with Crippen LogP contribution in [0, 0.1) is 0 Å². The summed E-state index contributed by atoms with van der Waals surface area (Å²) in [7, 11) is 1.71. The number of carbonyl (C=O) groups is 1. The first-order valence-corrected chi connectivity index (χ1v) is 6.98. The second-order valence-electron chi connectivity index (χ2n) is 5.12. The summed E-state index contributed by atoms with van der Waals surface area (Å²) in [5.74, 6) is 0.134. The maximum atomic E-state index is 11.9. The van der Waals surface area contributed by atoms with E-state index in [4.69, 9.17) is 5.73 Å². The van der Waals surface area contributed by atoms with Crippen LogP contribution < -0.4 is 11.1 Å². The smallest absolute Gasteiger partial charge is 0.237 e. The zero-order chi connectivity index (χ0) is 13.7. The Balaban J connectivity index is 2.08. The average Bonchev–Trinajstić information content (AvgIpc) is 2.47. The molecule has 0 bridgehead atoms. The van der Waals surface area contributed by atoms with E-state index in [1.807, 2.05) is 12.1 Å². The van der Waals surface area contributed by atoms with Crippen LogP contribution in [0.15, 0.2) is 24.3 Å². The lowest BCUT2D eigenvalue weighted by Crippen LogP contribution is -2.48. The van der Waals surface area contributed by atoms with E-state index in [0.29, 0.717) is 6.54 Å². The number of amides is 1. The molecule has 1 saturated heterocycles. The summed E-state index contributed by atoms with van der Waals surface area (Å²) in [6.45, 7) is 2.38. The number of likely N-dealkylation sites (tertiary alicyclic amines) is 1. The van der Waals surface area contributed by atoms with E-state index in [1.54, 1.807) is 7.05 Å². The molecule has 0 saturated carbocycles. The van der Waals surface area contributed by atoms with E-state index >= 15 is 0 Å². The van der Waals surface area contributed by atoms with Crippen LogP contribution in [0.25, 0.3) is 0 Å². The number of benzene rings is 1. The van der Waals surface area contributed by atoms with Gasteiger partial charge < -0.3 is 11.1 Å². The van der Waals surface area contributed by atoms with Gasteiger partial charge >= 0.3 is 0 Å². The molecule has 104 valence electrons. The molecule has 1 aromatic carbocycles. The largest absolute Gasteiger partial charge is 0.358 e. The Labute approximate surface area is 115 Å². The van der Waals surface area contributed by atoms with Crippen molar-refractivity contribution < 1.29 is 4.79 Å². The van der Waals surface area contributed by atoms with E-state index in [9.17, 15) is 4.79 Å². The van der Waals surface area contributed by atoms with Gasteiger partial charge in [-0.05, 0) is 30.5 Å². The summed E-state index contributed by atoms with van der Waals surface area (Å²) in [6, 6.07) is 8.33. The molecule has 0 aliphatic carbocycles. The van der Waals surface area contributed by atoms with Crippen molar-refractivity contribution in [2.75, 3.05) is 13.6 Å². The maximum Gasteiger partial charge on any atom is 0.237 e. The average molecular weight is 261 g/mol. The number of carbonyl (C=O) groups excluding carboxylic acids is 1. The summed E-state index contributed by atoms with van der Waals surface area (Å²) < 4.78 is 0. The molecule has 1 aliphatic heterocycles. The molecule has 4 heteroatoms. The Hall–Kier alpha value is -1.39. The van der Waals surface area contributed by atoms with Gasteiger partial charge in [0.15, 0.2) is 0 Å². The van der Waals surface area contributed by atoms with Crippen molar-refractivity contribution in [1.29, 1.82) is 0 Å². The fourth-order valence-corrected chi connectivity index (χ4v) is 2.73. The molecule has 1 fully saturated rings.